The van der Waals surface area contributed by atoms with Gasteiger partial charge in [0.2, 0.25) is 5.78 Å². The van der Waals surface area contributed by atoms with E-state index in [4.69, 9.17) is 4.74 Å². The van der Waals surface area contributed by atoms with Crippen LogP contribution < -0.4 is 4.72 Å². The van der Waals surface area contributed by atoms with E-state index in [0.29, 0.717) is 17.5 Å². The summed E-state index contributed by atoms with van der Waals surface area (Å²) in [5.74, 6) is -0.920. The van der Waals surface area contributed by atoms with Gasteiger partial charge in [0, 0.05) is 28.3 Å². The van der Waals surface area contributed by atoms with E-state index in [1.165, 1.54) is 35.7 Å². The van der Waals surface area contributed by atoms with Gasteiger partial charge in [0.25, 0.3) is 0 Å². The Hall–Kier alpha value is -2.27. The monoisotopic (exact) mass is 507 g/mol. The van der Waals surface area contributed by atoms with Gasteiger partial charge < -0.3 is 9.29 Å². The number of nitrogens with one attached hydrogen (secondary N) is 1. The molecule has 184 valence electrons. The number of rotatable bonds is 6. The molecule has 0 saturated heterocycles. The van der Waals surface area contributed by atoms with E-state index in [-0.39, 0.29) is 27.9 Å². The molecule has 10 heteroatoms. The van der Waals surface area contributed by atoms with Gasteiger partial charge in [-0.25, -0.2) is 14.2 Å². The lowest BCUT2D eigenvalue weighted by Crippen LogP contribution is -2.41. The van der Waals surface area contributed by atoms with Crippen LogP contribution in [0.15, 0.2) is 29.8 Å². The molecular weight excluding hydrogens is 477 g/mol. The maximum Gasteiger partial charge on any atom is 0.419 e. The largest absolute Gasteiger partial charge is 0.598 e. The van der Waals surface area contributed by atoms with Crippen LogP contribution >= 0.6 is 11.3 Å². The molecule has 2 aromatic heterocycles. The minimum Gasteiger partial charge on any atom is -0.598 e. The highest BCUT2D eigenvalue weighted by Crippen LogP contribution is 2.29. The zero-order chi connectivity index (χ0) is 25.4. The normalized spacial score (nSPS) is 14.3. The minimum atomic E-state index is -1.30. The number of ether oxygens (including phenoxy) is 1. The summed E-state index contributed by atoms with van der Waals surface area (Å²) in [7, 11) is 0. The maximum atomic E-state index is 14.0. The summed E-state index contributed by atoms with van der Waals surface area (Å²) in [5.41, 5.74) is 0.324. The number of benzene rings is 1. The summed E-state index contributed by atoms with van der Waals surface area (Å²) < 4.78 is 35.7. The van der Waals surface area contributed by atoms with Crippen molar-refractivity contribution in [1.29, 1.82) is 0 Å². The molecule has 1 unspecified atom stereocenters. The van der Waals surface area contributed by atoms with Crippen molar-refractivity contribution in [3.05, 3.63) is 51.9 Å². The summed E-state index contributed by atoms with van der Waals surface area (Å²) in [4.78, 5) is 30.6. The third-order valence-electron chi connectivity index (χ3n) is 4.89. The first-order chi connectivity index (χ1) is 15.7. The maximum absolute atomic E-state index is 14.0. The number of thiazole rings is 1. The molecular formula is C24H30FN3O4S2. The Morgan fingerprint density at radius 2 is 1.94 bits per heavy atom. The zero-order valence-electron chi connectivity index (χ0n) is 20.4. The molecule has 2 heterocycles. The Morgan fingerprint density at radius 3 is 2.53 bits per heavy atom. The Kier molecular flexibility index (Phi) is 7.57. The topological polar surface area (TPSA) is 96.3 Å². The molecule has 0 radical (unpaired) electrons. The molecule has 34 heavy (non-hydrogen) atoms. The quantitative estimate of drug-likeness (QED) is 0.337. The average Bonchev–Trinajstić information content (AvgIpc) is 3.34. The zero-order valence-corrected chi connectivity index (χ0v) is 22.0. The number of aromatic nitrogens is 2. The molecule has 7 nitrogen and oxygen atoms in total. The van der Waals surface area contributed by atoms with Crippen LogP contribution in [0.4, 0.5) is 9.18 Å². The fraction of sp³-hybridized carbons (Fsp3) is 0.458. The van der Waals surface area contributed by atoms with Gasteiger partial charge in [-0.2, -0.15) is 0 Å². The number of nitrogens with zero attached hydrogens (tertiary/aromatic N) is 2. The second kappa shape index (κ2) is 9.77. The summed E-state index contributed by atoms with van der Waals surface area (Å²) in [6.07, 6.45) is 1.30. The van der Waals surface area contributed by atoms with Crippen LogP contribution in [0.2, 0.25) is 0 Å². The molecule has 0 aliphatic carbocycles. The van der Waals surface area contributed by atoms with Crippen molar-refractivity contribution in [2.24, 2.45) is 0 Å². The standard InChI is InChI=1S/C24H30FN3O4S2/c1-8-17(27-34(31)24(5,6)7)18-13-33-21(26-18)20(29)16-12-28(22(30)32-23(2,3)4)19-11-14(25)9-10-15(16)19/h9-13,17,27H,8H2,1-7H3/t17?,34-/m0/s1. The molecule has 0 aliphatic rings. The second-order valence-corrected chi connectivity index (χ2v) is 12.8. The van der Waals surface area contributed by atoms with E-state index in [2.05, 4.69) is 9.71 Å². The number of ketones is 1. The van der Waals surface area contributed by atoms with Crippen molar-refractivity contribution in [1.82, 2.24) is 14.3 Å². The van der Waals surface area contributed by atoms with Gasteiger partial charge in [0.1, 0.15) is 16.2 Å². The highest BCUT2D eigenvalue weighted by atomic mass is 32.2. The van der Waals surface area contributed by atoms with Gasteiger partial charge in [-0.3, -0.25) is 9.36 Å². The third kappa shape index (κ3) is 5.86. The summed E-state index contributed by atoms with van der Waals surface area (Å²) >= 11 is -0.126. The van der Waals surface area contributed by atoms with Crippen molar-refractivity contribution in [2.75, 3.05) is 0 Å². The van der Waals surface area contributed by atoms with Crippen molar-refractivity contribution < 1.29 is 23.3 Å². The van der Waals surface area contributed by atoms with E-state index < -0.39 is 33.6 Å². The lowest BCUT2D eigenvalue weighted by atomic mass is 10.1. The first-order valence-electron chi connectivity index (χ1n) is 10.9. The Bertz CT molecular complexity index is 1210. The van der Waals surface area contributed by atoms with Crippen LogP contribution in [0.25, 0.3) is 10.9 Å². The van der Waals surface area contributed by atoms with Crippen LogP contribution in [-0.2, 0) is 16.1 Å². The van der Waals surface area contributed by atoms with Crippen molar-refractivity contribution in [3.63, 3.8) is 0 Å². The fourth-order valence-electron chi connectivity index (χ4n) is 3.17. The SMILES string of the molecule is CCC(N[S@@+]([O-])C(C)(C)C)c1csc(C(=O)c2cn(C(=O)OC(C)(C)C)c3cc(F)ccc23)n1. The molecule has 0 spiro atoms. The number of carbonyl (C=O) groups excluding carboxylic acids is 2. The summed E-state index contributed by atoms with van der Waals surface area (Å²) in [6.45, 7) is 12.8. The highest BCUT2D eigenvalue weighted by molar-refractivity contribution is 7.90. The Morgan fingerprint density at radius 1 is 1.26 bits per heavy atom. The van der Waals surface area contributed by atoms with Gasteiger partial charge in [0.15, 0.2) is 5.01 Å². The predicted octanol–water partition coefficient (Wildman–Crippen LogP) is 5.75. The van der Waals surface area contributed by atoms with Crippen LogP contribution in [0, 0.1) is 5.82 Å². The average molecular weight is 508 g/mol. The van der Waals surface area contributed by atoms with Crippen molar-refractivity contribution in [3.8, 4) is 0 Å². The molecule has 2 atom stereocenters. The van der Waals surface area contributed by atoms with Gasteiger partial charge in [0.05, 0.1) is 22.8 Å². The van der Waals surface area contributed by atoms with Crippen LogP contribution in [0.3, 0.4) is 0 Å². The number of halogens is 1. The molecule has 1 N–H and O–H groups in total. The Balaban J connectivity index is 1.96. The van der Waals surface area contributed by atoms with E-state index in [1.807, 2.05) is 27.7 Å². The van der Waals surface area contributed by atoms with Gasteiger partial charge in [-0.1, -0.05) is 6.92 Å². The highest BCUT2D eigenvalue weighted by Gasteiger charge is 2.31. The fourth-order valence-corrected chi connectivity index (χ4v) is 4.89. The lowest BCUT2D eigenvalue weighted by molar-refractivity contribution is 0.0544. The summed E-state index contributed by atoms with van der Waals surface area (Å²) in [5, 5.41) is 2.42. The van der Waals surface area contributed by atoms with Gasteiger partial charge >= 0.3 is 6.09 Å². The first kappa shape index (κ1) is 26.3. The molecule has 3 aromatic rings. The van der Waals surface area contributed by atoms with Crippen molar-refractivity contribution >= 4 is 45.5 Å². The molecule has 1 aromatic carbocycles. The predicted molar refractivity (Wildman–Crippen MR) is 133 cm³/mol. The number of carbonyl (C=O) groups is 2. The van der Waals surface area contributed by atoms with Gasteiger partial charge in [-0.05, 0) is 66.2 Å². The Labute approximate surface area is 206 Å². The van der Waals surface area contributed by atoms with Crippen LogP contribution in [0.5, 0.6) is 0 Å². The second-order valence-electron chi connectivity index (χ2n) is 9.92. The minimum absolute atomic E-state index is 0.223. The van der Waals surface area contributed by atoms with E-state index >= 15 is 0 Å². The summed E-state index contributed by atoms with van der Waals surface area (Å²) in [6, 6.07) is 3.62. The molecule has 0 aliphatic heterocycles. The third-order valence-corrected chi connectivity index (χ3v) is 7.36. The van der Waals surface area contributed by atoms with E-state index in [0.717, 1.165) is 4.57 Å². The van der Waals surface area contributed by atoms with E-state index in [1.54, 1.807) is 26.2 Å². The lowest BCUT2D eigenvalue weighted by Gasteiger charge is -2.26. The molecule has 0 saturated carbocycles. The molecule has 0 bridgehead atoms. The number of fused-ring (bicyclic) bond motifs is 1. The number of hydrogen-bond acceptors (Lipinski definition) is 7. The molecule has 0 amide bonds. The van der Waals surface area contributed by atoms with Gasteiger partial charge in [-0.15, -0.1) is 16.1 Å². The van der Waals surface area contributed by atoms with E-state index in [9.17, 15) is 18.5 Å². The molecule has 0 fully saturated rings. The van der Waals surface area contributed by atoms with Crippen molar-refractivity contribution in [2.45, 2.75) is 71.3 Å². The van der Waals surface area contributed by atoms with Crippen LogP contribution in [-0.4, -0.2) is 36.3 Å². The smallest absolute Gasteiger partial charge is 0.419 e. The first-order valence-corrected chi connectivity index (χ1v) is 13.0. The van der Waals surface area contributed by atoms with Crippen LogP contribution in [0.1, 0.15) is 82.0 Å². The molecule has 3 rings (SSSR count). The number of hydrogen-bond donors (Lipinski definition) is 1.